The molecule has 20 heavy (non-hydrogen) atoms. The van der Waals surface area contributed by atoms with Gasteiger partial charge in [-0.05, 0) is 39.3 Å². The third kappa shape index (κ3) is 2.52. The SMILES string of the molecule is Cc1cccc2nc(C(C)Cl)n(CC(C)(C)C(N)=O)c12. The lowest BCUT2D eigenvalue weighted by atomic mass is 9.92. The van der Waals surface area contributed by atoms with Gasteiger partial charge in [-0.3, -0.25) is 4.79 Å². The van der Waals surface area contributed by atoms with Crippen molar-refractivity contribution in [2.45, 2.75) is 39.6 Å². The lowest BCUT2D eigenvalue weighted by molar-refractivity contribution is -0.126. The molecular formula is C15H20ClN3O. The summed E-state index contributed by atoms with van der Waals surface area (Å²) in [6, 6.07) is 5.95. The molecule has 0 saturated heterocycles. The van der Waals surface area contributed by atoms with Crippen molar-refractivity contribution in [3.05, 3.63) is 29.6 Å². The van der Waals surface area contributed by atoms with E-state index in [1.165, 1.54) is 0 Å². The van der Waals surface area contributed by atoms with Crippen LogP contribution < -0.4 is 5.73 Å². The molecule has 4 nitrogen and oxygen atoms in total. The van der Waals surface area contributed by atoms with Crippen LogP contribution in [0.4, 0.5) is 0 Å². The number of aromatic nitrogens is 2. The number of nitrogens with two attached hydrogens (primary N) is 1. The largest absolute Gasteiger partial charge is 0.369 e. The van der Waals surface area contributed by atoms with Gasteiger partial charge >= 0.3 is 0 Å². The standard InChI is InChI=1S/C15H20ClN3O/c1-9-6-5-7-11-12(9)19(13(18-11)10(2)16)8-15(3,4)14(17)20/h5-7,10H,8H2,1-4H3,(H2,17,20). The molecule has 2 rings (SSSR count). The number of aryl methyl sites for hydroxylation is 1. The van der Waals surface area contributed by atoms with E-state index in [1.807, 2.05) is 50.5 Å². The minimum Gasteiger partial charge on any atom is -0.369 e. The van der Waals surface area contributed by atoms with Gasteiger partial charge in [-0.15, -0.1) is 11.6 Å². The molecule has 1 aromatic carbocycles. The van der Waals surface area contributed by atoms with Gasteiger partial charge < -0.3 is 10.3 Å². The second kappa shape index (κ2) is 5.09. The number of fused-ring (bicyclic) bond motifs is 1. The average Bonchev–Trinajstić information content (AvgIpc) is 2.68. The number of imidazole rings is 1. The van der Waals surface area contributed by atoms with Crippen molar-refractivity contribution in [1.29, 1.82) is 0 Å². The number of hydrogen-bond donors (Lipinski definition) is 1. The summed E-state index contributed by atoms with van der Waals surface area (Å²) in [5.74, 6) is 0.436. The van der Waals surface area contributed by atoms with Crippen LogP contribution in [0.3, 0.4) is 0 Å². The van der Waals surface area contributed by atoms with Crippen molar-refractivity contribution >= 4 is 28.5 Å². The Labute approximate surface area is 123 Å². The van der Waals surface area contributed by atoms with Crippen LogP contribution in [-0.4, -0.2) is 15.5 Å². The topological polar surface area (TPSA) is 60.9 Å². The lowest BCUT2D eigenvalue weighted by Crippen LogP contribution is -2.35. The number of amides is 1. The summed E-state index contributed by atoms with van der Waals surface area (Å²) in [5.41, 5.74) is 7.86. The number of halogens is 1. The molecule has 1 unspecified atom stereocenters. The van der Waals surface area contributed by atoms with Crippen LogP contribution in [-0.2, 0) is 11.3 Å². The molecule has 2 N–H and O–H groups in total. The minimum atomic E-state index is -0.656. The van der Waals surface area contributed by atoms with Gasteiger partial charge in [-0.1, -0.05) is 12.1 Å². The van der Waals surface area contributed by atoms with E-state index in [0.29, 0.717) is 6.54 Å². The van der Waals surface area contributed by atoms with E-state index in [9.17, 15) is 4.79 Å². The lowest BCUT2D eigenvalue weighted by Gasteiger charge is -2.23. The maximum atomic E-state index is 11.6. The summed E-state index contributed by atoms with van der Waals surface area (Å²) < 4.78 is 2.02. The van der Waals surface area contributed by atoms with Gasteiger partial charge in [0, 0.05) is 6.54 Å². The number of alkyl halides is 1. The average molecular weight is 294 g/mol. The quantitative estimate of drug-likeness (QED) is 0.880. The molecule has 2 aromatic rings. The summed E-state index contributed by atoms with van der Waals surface area (Å²) in [6.07, 6.45) is 0. The zero-order valence-electron chi connectivity index (χ0n) is 12.3. The van der Waals surface area contributed by atoms with E-state index in [1.54, 1.807) is 0 Å². The van der Waals surface area contributed by atoms with Crippen molar-refractivity contribution in [1.82, 2.24) is 9.55 Å². The first kappa shape index (κ1) is 14.9. The van der Waals surface area contributed by atoms with Gasteiger partial charge in [0.05, 0.1) is 21.8 Å². The maximum absolute atomic E-state index is 11.6. The first-order valence-electron chi connectivity index (χ1n) is 6.64. The van der Waals surface area contributed by atoms with Crippen molar-refractivity contribution in [2.75, 3.05) is 0 Å². The number of benzene rings is 1. The number of carbonyl (C=O) groups excluding carboxylic acids is 1. The molecular weight excluding hydrogens is 274 g/mol. The molecule has 0 spiro atoms. The van der Waals surface area contributed by atoms with E-state index in [-0.39, 0.29) is 11.3 Å². The fraction of sp³-hybridized carbons (Fsp3) is 0.467. The molecule has 1 atom stereocenters. The van der Waals surface area contributed by atoms with Crippen LogP contribution >= 0.6 is 11.6 Å². The van der Waals surface area contributed by atoms with Crippen molar-refractivity contribution in [3.8, 4) is 0 Å². The van der Waals surface area contributed by atoms with Gasteiger partial charge in [-0.25, -0.2) is 4.98 Å². The Kier molecular flexibility index (Phi) is 3.78. The first-order chi connectivity index (χ1) is 9.24. The molecule has 1 aromatic heterocycles. The smallest absolute Gasteiger partial charge is 0.224 e. The first-order valence-corrected chi connectivity index (χ1v) is 7.07. The Morgan fingerprint density at radius 3 is 2.70 bits per heavy atom. The fourth-order valence-corrected chi connectivity index (χ4v) is 2.49. The molecule has 1 amide bonds. The second-order valence-electron chi connectivity index (χ2n) is 5.86. The van der Waals surface area contributed by atoms with Gasteiger partial charge in [0.2, 0.25) is 5.91 Å². The Balaban J connectivity index is 2.66. The van der Waals surface area contributed by atoms with Crippen molar-refractivity contribution < 1.29 is 4.79 Å². The van der Waals surface area contributed by atoms with E-state index in [0.717, 1.165) is 22.4 Å². The van der Waals surface area contributed by atoms with E-state index < -0.39 is 5.41 Å². The second-order valence-corrected chi connectivity index (χ2v) is 6.52. The molecule has 1 heterocycles. The number of carbonyl (C=O) groups is 1. The molecule has 108 valence electrons. The van der Waals surface area contributed by atoms with Crippen LogP contribution in [0.2, 0.25) is 0 Å². The predicted octanol–water partition coefficient (Wildman–Crippen LogP) is 3.16. The van der Waals surface area contributed by atoms with Gasteiger partial charge in [-0.2, -0.15) is 0 Å². The van der Waals surface area contributed by atoms with E-state index in [2.05, 4.69) is 4.98 Å². The Morgan fingerprint density at radius 2 is 2.15 bits per heavy atom. The number of hydrogen-bond acceptors (Lipinski definition) is 2. The zero-order valence-corrected chi connectivity index (χ0v) is 13.0. The number of para-hydroxylation sites is 1. The fourth-order valence-electron chi connectivity index (χ4n) is 2.32. The normalized spacial score (nSPS) is 13.7. The molecule has 0 saturated carbocycles. The van der Waals surface area contributed by atoms with Crippen LogP contribution in [0.15, 0.2) is 18.2 Å². The Morgan fingerprint density at radius 1 is 1.50 bits per heavy atom. The van der Waals surface area contributed by atoms with E-state index in [4.69, 9.17) is 17.3 Å². The maximum Gasteiger partial charge on any atom is 0.224 e. The third-order valence-electron chi connectivity index (χ3n) is 3.57. The van der Waals surface area contributed by atoms with Gasteiger partial charge in [0.15, 0.2) is 0 Å². The molecule has 0 aliphatic heterocycles. The van der Waals surface area contributed by atoms with Crippen LogP contribution in [0.5, 0.6) is 0 Å². The van der Waals surface area contributed by atoms with E-state index >= 15 is 0 Å². The van der Waals surface area contributed by atoms with Crippen LogP contribution in [0.25, 0.3) is 11.0 Å². The monoisotopic (exact) mass is 293 g/mol. The molecule has 0 aliphatic carbocycles. The van der Waals surface area contributed by atoms with Crippen LogP contribution in [0.1, 0.15) is 37.5 Å². The van der Waals surface area contributed by atoms with Crippen molar-refractivity contribution in [2.24, 2.45) is 11.1 Å². The number of primary amides is 1. The Hall–Kier alpha value is -1.55. The van der Waals surface area contributed by atoms with Crippen LogP contribution in [0, 0.1) is 12.3 Å². The number of nitrogens with zero attached hydrogens (tertiary/aromatic N) is 2. The van der Waals surface area contributed by atoms with Gasteiger partial charge in [0.1, 0.15) is 5.82 Å². The predicted molar refractivity (Wildman–Crippen MR) is 81.7 cm³/mol. The highest BCUT2D eigenvalue weighted by atomic mass is 35.5. The van der Waals surface area contributed by atoms with Crippen molar-refractivity contribution in [3.63, 3.8) is 0 Å². The Bertz CT molecular complexity index is 658. The molecule has 5 heteroatoms. The summed E-state index contributed by atoms with van der Waals surface area (Å²) in [4.78, 5) is 16.2. The third-order valence-corrected chi connectivity index (χ3v) is 3.77. The van der Waals surface area contributed by atoms with Gasteiger partial charge in [0.25, 0.3) is 0 Å². The highest BCUT2D eigenvalue weighted by molar-refractivity contribution is 6.20. The molecule has 0 aliphatic rings. The highest BCUT2D eigenvalue weighted by Crippen LogP contribution is 2.30. The number of rotatable bonds is 4. The summed E-state index contributed by atoms with van der Waals surface area (Å²) in [5, 5.41) is -0.231. The summed E-state index contributed by atoms with van der Waals surface area (Å²) in [6.45, 7) is 8.05. The zero-order chi connectivity index (χ0) is 15.1. The molecule has 0 radical (unpaired) electrons. The minimum absolute atomic E-state index is 0.231. The highest BCUT2D eigenvalue weighted by Gasteiger charge is 2.28. The molecule has 0 fully saturated rings. The summed E-state index contributed by atoms with van der Waals surface area (Å²) in [7, 11) is 0. The summed E-state index contributed by atoms with van der Waals surface area (Å²) >= 11 is 6.24. The molecule has 0 bridgehead atoms.